The van der Waals surface area contributed by atoms with Gasteiger partial charge in [-0.25, -0.2) is 9.30 Å². The number of aliphatic hydroxyl groups excluding tert-OH is 1. The number of aliphatic hydroxyl groups is 1. The average Bonchev–Trinajstić information content (AvgIpc) is 3.15. The van der Waals surface area contributed by atoms with Gasteiger partial charge in [0.2, 0.25) is 5.91 Å². The molecule has 2 aliphatic heterocycles. The Morgan fingerprint density at radius 1 is 1.15 bits per heavy atom. The van der Waals surface area contributed by atoms with Gasteiger partial charge < -0.3 is 15.7 Å². The molecule has 1 fully saturated rings. The van der Waals surface area contributed by atoms with Gasteiger partial charge in [0.05, 0.1) is 11.8 Å². The van der Waals surface area contributed by atoms with Crippen LogP contribution in [0.4, 0.5) is 5.69 Å². The molecule has 2 aliphatic rings. The van der Waals surface area contributed by atoms with Crippen LogP contribution in [-0.2, 0) is 4.79 Å². The molecule has 0 aromatic heterocycles. The topological polar surface area (TPSA) is 82.2 Å². The minimum atomic E-state index is -0.217. The lowest BCUT2D eigenvalue weighted by Gasteiger charge is -2.22. The van der Waals surface area contributed by atoms with Gasteiger partial charge in [-0.15, -0.1) is 0 Å². The first kappa shape index (κ1) is 24.5. The van der Waals surface area contributed by atoms with Gasteiger partial charge in [-0.3, -0.25) is 4.79 Å². The zero-order chi connectivity index (χ0) is 24.1. The van der Waals surface area contributed by atoms with Crippen molar-refractivity contribution in [2.45, 2.75) is 50.5 Å². The third kappa shape index (κ3) is 5.90. The van der Waals surface area contributed by atoms with Gasteiger partial charge in [0.1, 0.15) is 5.84 Å². The molecule has 2 aromatic carbocycles. The molecular formula is C27H34N4O2S. The van der Waals surface area contributed by atoms with E-state index in [9.17, 15) is 9.90 Å². The van der Waals surface area contributed by atoms with Crippen LogP contribution in [0.25, 0.3) is 17.2 Å². The first-order chi connectivity index (χ1) is 16.5. The van der Waals surface area contributed by atoms with Crippen LogP contribution in [0, 0.1) is 0 Å². The molecule has 7 heteroatoms. The molecule has 1 unspecified atom stereocenters. The van der Waals surface area contributed by atoms with Gasteiger partial charge >= 0.3 is 0 Å². The SMILES string of the molecule is CCCN(CCC)C(=O)C1=Cc2ccc(-c3ccc(SN4CCC(O)C4)cc3)cc2N=C(N)C1. The number of β-amino-alcohol motifs (C(OH)–C–C–N with tert-alkyl or cyclic N) is 1. The zero-order valence-electron chi connectivity index (χ0n) is 20.0. The number of benzene rings is 2. The Morgan fingerprint density at radius 3 is 2.50 bits per heavy atom. The largest absolute Gasteiger partial charge is 0.392 e. The molecule has 0 spiro atoms. The first-order valence-electron chi connectivity index (χ1n) is 12.1. The van der Waals surface area contributed by atoms with Gasteiger partial charge in [-0.1, -0.05) is 38.1 Å². The molecule has 0 aliphatic carbocycles. The van der Waals surface area contributed by atoms with Crippen molar-refractivity contribution in [3.05, 3.63) is 53.6 Å². The highest BCUT2D eigenvalue weighted by Crippen LogP contribution is 2.33. The molecule has 4 rings (SSSR count). The minimum absolute atomic E-state index is 0.0531. The Hall–Kier alpha value is -2.61. The number of carbonyl (C=O) groups excluding carboxylic acids is 1. The number of aliphatic imine (C=N–C) groups is 1. The monoisotopic (exact) mass is 478 g/mol. The lowest BCUT2D eigenvalue weighted by molar-refractivity contribution is -0.127. The van der Waals surface area contributed by atoms with Crippen molar-refractivity contribution in [3.63, 3.8) is 0 Å². The quantitative estimate of drug-likeness (QED) is 0.530. The highest BCUT2D eigenvalue weighted by molar-refractivity contribution is 7.97. The van der Waals surface area contributed by atoms with E-state index in [0.717, 1.165) is 66.2 Å². The van der Waals surface area contributed by atoms with E-state index in [1.165, 1.54) is 0 Å². The molecule has 0 bridgehead atoms. The molecule has 1 saturated heterocycles. The summed E-state index contributed by atoms with van der Waals surface area (Å²) in [4.78, 5) is 20.9. The number of carbonyl (C=O) groups is 1. The fourth-order valence-corrected chi connectivity index (χ4v) is 5.42. The maximum Gasteiger partial charge on any atom is 0.250 e. The van der Waals surface area contributed by atoms with Crippen LogP contribution in [0.5, 0.6) is 0 Å². The third-order valence-corrected chi connectivity index (χ3v) is 7.17. The predicted octanol–water partition coefficient (Wildman–Crippen LogP) is 4.85. The van der Waals surface area contributed by atoms with Crippen molar-refractivity contribution in [3.8, 4) is 11.1 Å². The molecule has 1 atom stereocenters. The number of rotatable bonds is 8. The smallest absolute Gasteiger partial charge is 0.250 e. The fourth-order valence-electron chi connectivity index (χ4n) is 4.42. The van der Waals surface area contributed by atoms with Gasteiger partial charge in [0.25, 0.3) is 0 Å². The van der Waals surface area contributed by atoms with Gasteiger partial charge in [0, 0.05) is 48.6 Å². The molecule has 180 valence electrons. The number of fused-ring (bicyclic) bond motifs is 1. The zero-order valence-corrected chi connectivity index (χ0v) is 20.9. The highest BCUT2D eigenvalue weighted by Gasteiger charge is 2.22. The Labute approximate surface area is 206 Å². The van der Waals surface area contributed by atoms with Crippen LogP contribution >= 0.6 is 11.9 Å². The van der Waals surface area contributed by atoms with Crippen LogP contribution < -0.4 is 5.73 Å². The van der Waals surface area contributed by atoms with Gasteiger partial charge in [0.15, 0.2) is 0 Å². The Morgan fingerprint density at radius 2 is 1.85 bits per heavy atom. The summed E-state index contributed by atoms with van der Waals surface area (Å²) in [6, 6.07) is 14.6. The molecule has 1 amide bonds. The number of nitrogens with zero attached hydrogens (tertiary/aromatic N) is 3. The summed E-state index contributed by atoms with van der Waals surface area (Å²) < 4.78 is 2.20. The van der Waals surface area contributed by atoms with Crippen molar-refractivity contribution < 1.29 is 9.90 Å². The molecule has 0 saturated carbocycles. The standard InChI is InChI=1S/C27H34N4O2S/c1-3-12-30(13-4-2)27(33)22-15-21-6-5-20(16-25(21)29-26(28)17-22)19-7-9-24(10-8-19)34-31-14-11-23(32)18-31/h5-10,15-16,23,32H,3-4,11-14,17-18H2,1-2H3,(H2,28,29). The lowest BCUT2D eigenvalue weighted by Crippen LogP contribution is -2.34. The summed E-state index contributed by atoms with van der Waals surface area (Å²) in [6.07, 6.45) is 4.79. The maximum atomic E-state index is 13.2. The number of amidine groups is 1. The second-order valence-electron chi connectivity index (χ2n) is 8.96. The second-order valence-corrected chi connectivity index (χ2v) is 10.1. The van der Waals surface area contributed by atoms with Crippen LogP contribution in [0.3, 0.4) is 0 Å². The Kier molecular flexibility index (Phi) is 8.08. The molecule has 2 aromatic rings. The third-order valence-electron chi connectivity index (χ3n) is 6.09. The number of hydrogen-bond donors (Lipinski definition) is 2. The van der Waals surface area contributed by atoms with Crippen molar-refractivity contribution in [1.29, 1.82) is 0 Å². The van der Waals surface area contributed by atoms with E-state index >= 15 is 0 Å². The van der Waals surface area contributed by atoms with E-state index in [4.69, 9.17) is 5.73 Å². The maximum absolute atomic E-state index is 13.2. The Bertz CT molecular complexity index is 1070. The number of amides is 1. The second kappa shape index (κ2) is 11.2. The summed E-state index contributed by atoms with van der Waals surface area (Å²) >= 11 is 1.69. The van der Waals surface area contributed by atoms with E-state index in [2.05, 4.69) is 53.5 Å². The van der Waals surface area contributed by atoms with E-state index in [0.29, 0.717) is 24.4 Å². The summed E-state index contributed by atoms with van der Waals surface area (Å²) in [5.74, 6) is 0.514. The summed E-state index contributed by atoms with van der Waals surface area (Å²) in [6.45, 7) is 7.30. The van der Waals surface area contributed by atoms with Crippen LogP contribution in [0.2, 0.25) is 0 Å². The highest BCUT2D eigenvalue weighted by atomic mass is 32.2. The van der Waals surface area contributed by atoms with E-state index < -0.39 is 0 Å². The van der Waals surface area contributed by atoms with Crippen LogP contribution in [0.1, 0.15) is 45.1 Å². The summed E-state index contributed by atoms with van der Waals surface area (Å²) in [5.41, 5.74) is 10.8. The fraction of sp³-hybridized carbons (Fsp3) is 0.407. The molecule has 2 heterocycles. The summed E-state index contributed by atoms with van der Waals surface area (Å²) in [5, 5.41) is 9.73. The molecular weight excluding hydrogens is 444 g/mol. The van der Waals surface area contributed by atoms with Crippen LogP contribution in [-0.4, -0.2) is 58.3 Å². The average molecular weight is 479 g/mol. The van der Waals surface area contributed by atoms with Crippen molar-refractivity contribution >= 4 is 35.5 Å². The van der Waals surface area contributed by atoms with Crippen LogP contribution in [0.15, 0.2) is 57.9 Å². The molecule has 6 nitrogen and oxygen atoms in total. The van der Waals surface area contributed by atoms with Crippen molar-refractivity contribution in [1.82, 2.24) is 9.21 Å². The summed E-state index contributed by atoms with van der Waals surface area (Å²) in [7, 11) is 0. The molecule has 0 radical (unpaired) electrons. The molecule has 3 N–H and O–H groups in total. The lowest BCUT2D eigenvalue weighted by atomic mass is 10.0. The predicted molar refractivity (Wildman–Crippen MR) is 141 cm³/mol. The molecule has 34 heavy (non-hydrogen) atoms. The minimum Gasteiger partial charge on any atom is -0.392 e. The Balaban J connectivity index is 1.54. The van der Waals surface area contributed by atoms with Gasteiger partial charge in [-0.2, -0.15) is 0 Å². The van der Waals surface area contributed by atoms with Crippen molar-refractivity contribution in [2.75, 3.05) is 26.2 Å². The van der Waals surface area contributed by atoms with E-state index in [1.54, 1.807) is 11.9 Å². The number of hydrogen-bond acceptors (Lipinski definition) is 6. The van der Waals surface area contributed by atoms with Crippen molar-refractivity contribution in [2.24, 2.45) is 10.7 Å². The first-order valence-corrected chi connectivity index (χ1v) is 12.9. The van der Waals surface area contributed by atoms with E-state index in [1.807, 2.05) is 23.1 Å². The normalized spacial score (nSPS) is 18.1. The van der Waals surface area contributed by atoms with E-state index in [-0.39, 0.29) is 12.0 Å². The van der Waals surface area contributed by atoms with Gasteiger partial charge in [-0.05, 0) is 66.6 Å². The number of nitrogens with two attached hydrogens (primary N) is 1.